The Bertz CT molecular complexity index is 812. The molecule has 6 heteroatoms. The summed E-state index contributed by atoms with van der Waals surface area (Å²) >= 11 is 0. The number of ether oxygens (including phenoxy) is 2. The summed E-state index contributed by atoms with van der Waals surface area (Å²) in [5, 5.41) is 11.7. The van der Waals surface area contributed by atoms with Crippen LogP contribution in [0.2, 0.25) is 0 Å². The molecule has 0 unspecified atom stereocenters. The van der Waals surface area contributed by atoms with E-state index >= 15 is 0 Å². The number of hydrogen-bond donors (Lipinski definition) is 1. The van der Waals surface area contributed by atoms with Crippen LogP contribution in [-0.2, 0) is 11.3 Å². The lowest BCUT2D eigenvalue weighted by molar-refractivity contribution is -0.120. The summed E-state index contributed by atoms with van der Waals surface area (Å²) in [5.41, 5.74) is 2.28. The first-order chi connectivity index (χ1) is 12.1. The number of amides is 1. The van der Waals surface area contributed by atoms with Gasteiger partial charge in [0.25, 0.3) is 0 Å². The lowest BCUT2D eigenvalue weighted by atomic mass is 10.1. The number of rotatable bonds is 5. The molecule has 6 nitrogen and oxygen atoms in total. The zero-order chi connectivity index (χ0) is 17.8. The Morgan fingerprint density at radius 3 is 2.68 bits per heavy atom. The fourth-order valence-electron chi connectivity index (χ4n) is 2.54. The predicted octanol–water partition coefficient (Wildman–Crippen LogP) is 2.75. The molecule has 25 heavy (non-hydrogen) atoms. The summed E-state index contributed by atoms with van der Waals surface area (Å²) in [7, 11) is 1.90. The third-order valence-electron chi connectivity index (χ3n) is 4.19. The Morgan fingerprint density at radius 2 is 1.96 bits per heavy atom. The lowest BCUT2D eigenvalue weighted by Gasteiger charge is -2.24. The Morgan fingerprint density at radius 1 is 1.24 bits per heavy atom. The van der Waals surface area contributed by atoms with E-state index < -0.39 is 0 Å². The molecule has 0 fully saturated rings. The smallest absolute Gasteiger partial charge is 0.241 e. The number of likely N-dealkylation sites (N-methyl/N-ethyl adjacent to an activating group) is 1. The van der Waals surface area contributed by atoms with Gasteiger partial charge in [-0.15, -0.1) is 0 Å². The highest BCUT2D eigenvalue weighted by atomic mass is 16.7. The average Bonchev–Trinajstić information content (AvgIpc) is 3.09. The SMILES string of the molecule is C[C@H](C(=O)Nc1ccc(C#N)cc1)N(C)Cc1ccc2c(c1)OCO2. The van der Waals surface area contributed by atoms with Gasteiger partial charge in [-0.2, -0.15) is 5.26 Å². The number of carbonyl (C=O) groups is 1. The molecule has 0 saturated heterocycles. The van der Waals surface area contributed by atoms with E-state index in [-0.39, 0.29) is 18.7 Å². The summed E-state index contributed by atoms with van der Waals surface area (Å²) in [4.78, 5) is 14.4. The Hall–Kier alpha value is -3.04. The van der Waals surface area contributed by atoms with Gasteiger partial charge in [0, 0.05) is 12.2 Å². The van der Waals surface area contributed by atoms with Crippen LogP contribution in [0.15, 0.2) is 42.5 Å². The molecule has 2 aromatic carbocycles. The summed E-state index contributed by atoms with van der Waals surface area (Å²) in [6.45, 7) is 2.71. The molecule has 1 aliphatic rings. The number of anilines is 1. The van der Waals surface area contributed by atoms with Crippen LogP contribution in [0.4, 0.5) is 5.69 Å². The minimum atomic E-state index is -0.318. The molecule has 1 heterocycles. The number of nitriles is 1. The zero-order valence-electron chi connectivity index (χ0n) is 14.2. The van der Waals surface area contributed by atoms with Gasteiger partial charge in [-0.1, -0.05) is 6.07 Å². The van der Waals surface area contributed by atoms with Gasteiger partial charge >= 0.3 is 0 Å². The fraction of sp³-hybridized carbons (Fsp3) is 0.263. The molecular weight excluding hydrogens is 318 g/mol. The second-order valence-corrected chi connectivity index (χ2v) is 5.96. The van der Waals surface area contributed by atoms with Crippen molar-refractivity contribution in [1.82, 2.24) is 4.90 Å². The molecule has 0 spiro atoms. The van der Waals surface area contributed by atoms with Crippen molar-refractivity contribution < 1.29 is 14.3 Å². The molecule has 128 valence electrons. The molecular formula is C19H19N3O3. The second-order valence-electron chi connectivity index (χ2n) is 5.96. The van der Waals surface area contributed by atoms with E-state index in [2.05, 4.69) is 11.4 Å². The number of nitrogens with one attached hydrogen (secondary N) is 1. The van der Waals surface area contributed by atoms with E-state index in [9.17, 15) is 4.79 Å². The number of nitrogens with zero attached hydrogens (tertiary/aromatic N) is 2. The predicted molar refractivity (Wildman–Crippen MR) is 93.3 cm³/mol. The first-order valence-corrected chi connectivity index (χ1v) is 7.96. The molecule has 0 bridgehead atoms. The van der Waals surface area contributed by atoms with Gasteiger partial charge < -0.3 is 14.8 Å². The van der Waals surface area contributed by atoms with Crippen molar-refractivity contribution in [2.45, 2.75) is 19.5 Å². The molecule has 3 rings (SSSR count). The van der Waals surface area contributed by atoms with Crippen LogP contribution >= 0.6 is 0 Å². The maximum atomic E-state index is 12.4. The Labute approximate surface area is 146 Å². The number of benzene rings is 2. The highest BCUT2D eigenvalue weighted by molar-refractivity contribution is 5.94. The van der Waals surface area contributed by atoms with Crippen molar-refractivity contribution in [3.05, 3.63) is 53.6 Å². The highest BCUT2D eigenvalue weighted by Gasteiger charge is 2.20. The van der Waals surface area contributed by atoms with Crippen molar-refractivity contribution in [2.75, 3.05) is 19.2 Å². The molecule has 2 aromatic rings. The van der Waals surface area contributed by atoms with Gasteiger partial charge in [0.2, 0.25) is 12.7 Å². The molecule has 0 radical (unpaired) electrons. The normalized spacial score (nSPS) is 13.4. The van der Waals surface area contributed by atoms with Gasteiger partial charge in [-0.05, 0) is 55.9 Å². The van der Waals surface area contributed by atoms with Gasteiger partial charge in [0.1, 0.15) is 0 Å². The Kier molecular flexibility index (Phi) is 4.87. The van der Waals surface area contributed by atoms with Crippen LogP contribution in [0, 0.1) is 11.3 Å². The van der Waals surface area contributed by atoms with E-state index in [1.54, 1.807) is 24.3 Å². The minimum absolute atomic E-state index is 0.104. The van der Waals surface area contributed by atoms with E-state index in [0.717, 1.165) is 17.1 Å². The number of hydrogen-bond acceptors (Lipinski definition) is 5. The number of fused-ring (bicyclic) bond motifs is 1. The van der Waals surface area contributed by atoms with Crippen LogP contribution in [0.3, 0.4) is 0 Å². The van der Waals surface area contributed by atoms with Crippen LogP contribution in [0.25, 0.3) is 0 Å². The third kappa shape index (κ3) is 3.90. The molecule has 0 aliphatic carbocycles. The van der Waals surface area contributed by atoms with Crippen molar-refractivity contribution in [2.24, 2.45) is 0 Å². The highest BCUT2D eigenvalue weighted by Crippen LogP contribution is 2.32. The lowest BCUT2D eigenvalue weighted by Crippen LogP contribution is -2.39. The minimum Gasteiger partial charge on any atom is -0.454 e. The second kappa shape index (κ2) is 7.24. The number of carbonyl (C=O) groups excluding carboxylic acids is 1. The first kappa shape index (κ1) is 16.8. The molecule has 0 saturated carbocycles. The van der Waals surface area contributed by atoms with E-state index in [4.69, 9.17) is 14.7 Å². The van der Waals surface area contributed by atoms with Crippen molar-refractivity contribution in [1.29, 1.82) is 5.26 Å². The summed E-state index contributed by atoms with van der Waals surface area (Å²) in [6.07, 6.45) is 0. The summed E-state index contributed by atoms with van der Waals surface area (Å²) in [6, 6.07) is 14.3. The van der Waals surface area contributed by atoms with Gasteiger partial charge in [-0.25, -0.2) is 0 Å². The largest absolute Gasteiger partial charge is 0.454 e. The monoisotopic (exact) mass is 337 g/mol. The van der Waals surface area contributed by atoms with E-state index in [1.807, 2.05) is 37.1 Å². The van der Waals surface area contributed by atoms with Crippen LogP contribution in [0.1, 0.15) is 18.1 Å². The van der Waals surface area contributed by atoms with Crippen molar-refractivity contribution in [3.8, 4) is 17.6 Å². The van der Waals surface area contributed by atoms with Gasteiger partial charge in [-0.3, -0.25) is 9.69 Å². The van der Waals surface area contributed by atoms with Crippen molar-refractivity contribution in [3.63, 3.8) is 0 Å². The maximum absolute atomic E-state index is 12.4. The standard InChI is InChI=1S/C19H19N3O3/c1-13(19(23)21-16-6-3-14(10-20)4-7-16)22(2)11-15-5-8-17-18(9-15)25-12-24-17/h3-9,13H,11-12H2,1-2H3,(H,21,23)/t13-/m1/s1. The molecule has 0 aromatic heterocycles. The first-order valence-electron chi connectivity index (χ1n) is 7.96. The molecule has 1 N–H and O–H groups in total. The average molecular weight is 337 g/mol. The van der Waals surface area contributed by atoms with Crippen LogP contribution in [0.5, 0.6) is 11.5 Å². The van der Waals surface area contributed by atoms with Crippen LogP contribution < -0.4 is 14.8 Å². The van der Waals surface area contributed by atoms with Crippen LogP contribution in [-0.4, -0.2) is 30.7 Å². The fourth-order valence-corrected chi connectivity index (χ4v) is 2.54. The zero-order valence-corrected chi connectivity index (χ0v) is 14.2. The van der Waals surface area contributed by atoms with Crippen molar-refractivity contribution >= 4 is 11.6 Å². The van der Waals surface area contributed by atoms with E-state index in [0.29, 0.717) is 17.8 Å². The quantitative estimate of drug-likeness (QED) is 0.908. The van der Waals surface area contributed by atoms with Gasteiger partial charge in [0.15, 0.2) is 11.5 Å². The van der Waals surface area contributed by atoms with E-state index in [1.165, 1.54) is 0 Å². The Balaban J connectivity index is 1.60. The summed E-state index contributed by atoms with van der Waals surface area (Å²) < 4.78 is 10.7. The molecule has 1 aliphatic heterocycles. The summed E-state index contributed by atoms with van der Waals surface area (Å²) in [5.74, 6) is 1.38. The third-order valence-corrected chi connectivity index (χ3v) is 4.19. The topological polar surface area (TPSA) is 74.6 Å². The molecule has 1 amide bonds. The maximum Gasteiger partial charge on any atom is 0.241 e. The molecule has 1 atom stereocenters. The van der Waals surface area contributed by atoms with Gasteiger partial charge in [0.05, 0.1) is 17.7 Å².